The lowest BCUT2D eigenvalue weighted by molar-refractivity contribution is 0.314. The molecule has 1 N–H and O–H groups in total. The highest BCUT2D eigenvalue weighted by Crippen LogP contribution is 2.34. The van der Waals surface area contributed by atoms with Gasteiger partial charge in [0.25, 0.3) is 0 Å². The summed E-state index contributed by atoms with van der Waals surface area (Å²) in [6.07, 6.45) is 8.74. The Morgan fingerprint density at radius 2 is 2.00 bits per heavy atom. The zero-order chi connectivity index (χ0) is 14.7. The van der Waals surface area contributed by atoms with Gasteiger partial charge in [0, 0.05) is 6.04 Å². The summed E-state index contributed by atoms with van der Waals surface area (Å²) in [6, 6.07) is 6.24. The lowest BCUT2D eigenvalue weighted by atomic mass is 9.85. The first-order chi connectivity index (χ1) is 10.3. The summed E-state index contributed by atoms with van der Waals surface area (Å²) in [5.74, 6) is 1.50. The van der Waals surface area contributed by atoms with Crippen LogP contribution in [0, 0.1) is 17.7 Å². The van der Waals surface area contributed by atoms with Crippen molar-refractivity contribution in [1.82, 2.24) is 5.32 Å². The average molecular weight is 291 g/mol. The molecule has 0 spiro atoms. The minimum atomic E-state index is -0.172. The molecule has 2 aliphatic carbocycles. The first-order valence-corrected chi connectivity index (χ1v) is 8.32. The topological polar surface area (TPSA) is 21.3 Å². The Kier molecular flexibility index (Phi) is 4.79. The van der Waals surface area contributed by atoms with E-state index in [1.54, 1.807) is 6.07 Å². The number of hydrogen-bond donors (Lipinski definition) is 1. The number of rotatable bonds is 7. The molecule has 1 atom stereocenters. The molecule has 0 aliphatic heterocycles. The van der Waals surface area contributed by atoms with Gasteiger partial charge in [0.2, 0.25) is 0 Å². The molecule has 1 unspecified atom stereocenters. The molecule has 116 valence electrons. The van der Waals surface area contributed by atoms with Crippen LogP contribution in [-0.4, -0.2) is 19.7 Å². The molecule has 2 nitrogen and oxygen atoms in total. The Bertz CT molecular complexity index is 466. The van der Waals surface area contributed by atoms with Gasteiger partial charge in [-0.3, -0.25) is 0 Å². The van der Waals surface area contributed by atoms with Crippen LogP contribution in [0.3, 0.4) is 0 Å². The number of benzene rings is 1. The summed E-state index contributed by atoms with van der Waals surface area (Å²) >= 11 is 0. The van der Waals surface area contributed by atoms with E-state index in [-0.39, 0.29) is 5.82 Å². The largest absolute Gasteiger partial charge is 0.494 e. The maximum atomic E-state index is 14.4. The van der Waals surface area contributed by atoms with Gasteiger partial charge < -0.3 is 10.1 Å². The van der Waals surface area contributed by atoms with Crippen LogP contribution in [0.15, 0.2) is 18.2 Å². The third kappa shape index (κ3) is 3.76. The van der Waals surface area contributed by atoms with Crippen molar-refractivity contribution in [1.29, 1.82) is 0 Å². The van der Waals surface area contributed by atoms with E-state index < -0.39 is 0 Å². The fraction of sp³-hybridized carbons (Fsp3) is 0.667. The second-order valence-corrected chi connectivity index (χ2v) is 6.62. The van der Waals surface area contributed by atoms with E-state index in [9.17, 15) is 4.39 Å². The maximum absolute atomic E-state index is 14.4. The maximum Gasteiger partial charge on any atom is 0.168 e. The summed E-state index contributed by atoms with van der Waals surface area (Å²) in [5.41, 5.74) is 0.809. The van der Waals surface area contributed by atoms with Crippen LogP contribution in [-0.2, 0) is 6.42 Å². The highest BCUT2D eigenvalue weighted by molar-refractivity contribution is 5.31. The lowest BCUT2D eigenvalue weighted by Gasteiger charge is -2.24. The quantitative estimate of drug-likeness (QED) is 0.821. The molecule has 2 fully saturated rings. The number of methoxy groups -OCH3 is 1. The first kappa shape index (κ1) is 14.8. The Hall–Kier alpha value is -1.09. The van der Waals surface area contributed by atoms with Crippen molar-refractivity contribution in [2.75, 3.05) is 13.7 Å². The van der Waals surface area contributed by atoms with Gasteiger partial charge in [-0.15, -0.1) is 0 Å². The van der Waals surface area contributed by atoms with Crippen LogP contribution in [0.25, 0.3) is 0 Å². The number of ether oxygens (including phenoxy) is 1. The van der Waals surface area contributed by atoms with Crippen LogP contribution < -0.4 is 10.1 Å². The zero-order valence-electron chi connectivity index (χ0n) is 12.9. The van der Waals surface area contributed by atoms with E-state index in [4.69, 9.17) is 4.74 Å². The summed E-state index contributed by atoms with van der Waals surface area (Å²) in [6.45, 7) is 1.03. The molecule has 0 saturated heterocycles. The van der Waals surface area contributed by atoms with E-state index >= 15 is 0 Å². The van der Waals surface area contributed by atoms with E-state index in [1.165, 1.54) is 45.6 Å². The third-order valence-electron chi connectivity index (χ3n) is 5.06. The normalized spacial score (nSPS) is 20.7. The standard InChI is InChI=1S/C18H26FNO/c1-21-17-8-4-7-14(18(17)19)11-15(12-20-16-9-10-16)13-5-2-3-6-13/h4,7-8,13,15-16,20H,2-3,5-6,9-12H2,1H3. The molecule has 21 heavy (non-hydrogen) atoms. The molecule has 2 saturated carbocycles. The highest BCUT2D eigenvalue weighted by atomic mass is 19.1. The fourth-order valence-electron chi connectivity index (χ4n) is 3.59. The molecule has 2 aliphatic rings. The van der Waals surface area contributed by atoms with Gasteiger partial charge in [-0.2, -0.15) is 0 Å². The van der Waals surface area contributed by atoms with Crippen molar-refractivity contribution in [2.45, 2.75) is 51.0 Å². The predicted molar refractivity (Wildman–Crippen MR) is 83.1 cm³/mol. The molecule has 3 heteroatoms. The first-order valence-electron chi connectivity index (χ1n) is 8.32. The molecule has 0 amide bonds. The van der Waals surface area contributed by atoms with Gasteiger partial charge in [0.05, 0.1) is 7.11 Å². The van der Waals surface area contributed by atoms with E-state index in [0.717, 1.165) is 30.5 Å². The summed E-state index contributed by atoms with van der Waals surface area (Å²) in [5, 5.41) is 3.65. The van der Waals surface area contributed by atoms with Gasteiger partial charge in [0.1, 0.15) is 0 Å². The predicted octanol–water partition coefficient (Wildman–Crippen LogP) is 3.94. The molecule has 0 aromatic heterocycles. The van der Waals surface area contributed by atoms with Gasteiger partial charge in [-0.05, 0) is 49.3 Å². The summed E-state index contributed by atoms with van der Waals surface area (Å²) in [7, 11) is 1.53. The number of hydrogen-bond acceptors (Lipinski definition) is 2. The number of nitrogens with one attached hydrogen (secondary N) is 1. The van der Waals surface area contributed by atoms with Crippen molar-refractivity contribution in [3.8, 4) is 5.75 Å². The van der Waals surface area contributed by atoms with Crippen molar-refractivity contribution in [3.63, 3.8) is 0 Å². The Morgan fingerprint density at radius 3 is 2.67 bits per heavy atom. The van der Waals surface area contributed by atoms with Gasteiger partial charge in [-0.25, -0.2) is 4.39 Å². The molecular formula is C18H26FNO. The van der Waals surface area contributed by atoms with E-state index in [0.29, 0.717) is 11.7 Å². The average Bonchev–Trinajstić information content (AvgIpc) is 3.17. The smallest absolute Gasteiger partial charge is 0.168 e. The molecule has 0 heterocycles. The lowest BCUT2D eigenvalue weighted by Crippen LogP contribution is -2.30. The fourth-order valence-corrected chi connectivity index (χ4v) is 3.59. The number of halogens is 1. The Balaban J connectivity index is 1.69. The van der Waals surface area contributed by atoms with Crippen molar-refractivity contribution < 1.29 is 9.13 Å². The van der Waals surface area contributed by atoms with Gasteiger partial charge >= 0.3 is 0 Å². The zero-order valence-corrected chi connectivity index (χ0v) is 12.9. The molecule has 1 aromatic carbocycles. The summed E-state index contributed by atoms with van der Waals surface area (Å²) in [4.78, 5) is 0. The summed E-state index contributed by atoms with van der Waals surface area (Å²) < 4.78 is 19.5. The molecule has 0 radical (unpaired) electrons. The van der Waals surface area contributed by atoms with Crippen molar-refractivity contribution in [2.24, 2.45) is 11.8 Å². The van der Waals surface area contributed by atoms with E-state index in [2.05, 4.69) is 5.32 Å². The SMILES string of the molecule is COc1cccc(CC(CNC2CC2)C2CCCC2)c1F. The molecule has 0 bridgehead atoms. The molecule has 3 rings (SSSR count). The molecule has 1 aromatic rings. The monoisotopic (exact) mass is 291 g/mol. The van der Waals surface area contributed by atoms with Crippen LogP contribution in [0.2, 0.25) is 0 Å². The van der Waals surface area contributed by atoms with Crippen molar-refractivity contribution >= 4 is 0 Å². The Morgan fingerprint density at radius 1 is 1.24 bits per heavy atom. The van der Waals surface area contributed by atoms with Crippen LogP contribution in [0.4, 0.5) is 4.39 Å². The molecular weight excluding hydrogens is 265 g/mol. The second-order valence-electron chi connectivity index (χ2n) is 6.62. The highest BCUT2D eigenvalue weighted by Gasteiger charge is 2.28. The van der Waals surface area contributed by atoms with Crippen LogP contribution in [0.5, 0.6) is 5.75 Å². The van der Waals surface area contributed by atoms with Gasteiger partial charge in [-0.1, -0.05) is 37.8 Å². The minimum Gasteiger partial charge on any atom is -0.494 e. The van der Waals surface area contributed by atoms with Crippen molar-refractivity contribution in [3.05, 3.63) is 29.6 Å². The Labute approximate surface area is 127 Å². The second kappa shape index (κ2) is 6.78. The minimum absolute atomic E-state index is 0.172. The third-order valence-corrected chi connectivity index (χ3v) is 5.06. The van der Waals surface area contributed by atoms with Crippen LogP contribution in [0.1, 0.15) is 44.1 Å². The van der Waals surface area contributed by atoms with E-state index in [1.807, 2.05) is 12.1 Å². The van der Waals surface area contributed by atoms with Crippen LogP contribution >= 0.6 is 0 Å². The van der Waals surface area contributed by atoms with Gasteiger partial charge in [0.15, 0.2) is 11.6 Å².